The third-order valence-corrected chi connectivity index (χ3v) is 3.26. The Balaban J connectivity index is 2.25. The third kappa shape index (κ3) is 3.14. The van der Waals surface area contributed by atoms with Crippen LogP contribution in [-0.2, 0) is 0 Å². The number of nitrogens with two attached hydrogens (primary N) is 1. The van der Waals surface area contributed by atoms with Gasteiger partial charge in [-0.15, -0.1) is 0 Å². The van der Waals surface area contributed by atoms with E-state index >= 15 is 0 Å². The minimum Gasteiger partial charge on any atom is -0.375 e. The molecule has 19 heavy (non-hydrogen) atoms. The molecule has 4 nitrogen and oxygen atoms in total. The van der Waals surface area contributed by atoms with Crippen LogP contribution in [0.5, 0.6) is 0 Å². The Kier molecular flexibility index (Phi) is 3.36. The second-order valence-electron chi connectivity index (χ2n) is 4.01. The molecule has 0 fully saturated rings. The fourth-order valence-corrected chi connectivity index (χ4v) is 2.41. The summed E-state index contributed by atoms with van der Waals surface area (Å²) < 4.78 is 37.3. The predicted octanol–water partition coefficient (Wildman–Crippen LogP) is 2.51. The number of halogens is 3. The number of aromatic nitrogens is 1. The zero-order valence-electron chi connectivity index (χ0n) is 9.86. The van der Waals surface area contributed by atoms with E-state index in [9.17, 15) is 18.0 Å². The molecule has 1 aromatic heterocycles. The van der Waals surface area contributed by atoms with Gasteiger partial charge in [-0.05, 0) is 18.2 Å². The first-order valence-corrected chi connectivity index (χ1v) is 6.06. The molecule has 0 saturated carbocycles. The van der Waals surface area contributed by atoms with Crippen molar-refractivity contribution in [2.45, 2.75) is 6.18 Å². The molecule has 102 valence electrons. The van der Waals surface area contributed by atoms with Crippen molar-refractivity contribution in [2.24, 2.45) is 0 Å². The van der Waals surface area contributed by atoms with Crippen molar-refractivity contribution in [3.63, 3.8) is 0 Å². The molecule has 0 bridgehead atoms. The topological polar surface area (TPSA) is 59.2 Å². The molecule has 0 unspecified atom stereocenters. The summed E-state index contributed by atoms with van der Waals surface area (Å²) in [6, 6.07) is 4.51. The fourth-order valence-electron chi connectivity index (χ4n) is 1.64. The maximum absolute atomic E-state index is 12.2. The number of hydrogen-bond donors (Lipinski definition) is 1. The smallest absolute Gasteiger partial charge is 0.375 e. The summed E-state index contributed by atoms with van der Waals surface area (Å²) >= 11 is 1.18. The van der Waals surface area contributed by atoms with Crippen molar-refractivity contribution < 1.29 is 18.0 Å². The first kappa shape index (κ1) is 13.6. The van der Waals surface area contributed by atoms with Crippen LogP contribution in [0.1, 0.15) is 10.4 Å². The Hall–Kier alpha value is -1.83. The normalized spacial score (nSPS) is 11.8. The standard InChI is InChI=1S/C11H10F3N3OS/c1-17(5-11(12,13)14)9(18)6-2-3-7-8(4-6)19-10(15)16-7/h2-4H,5H2,1H3,(H2,15,16). The van der Waals surface area contributed by atoms with E-state index in [4.69, 9.17) is 5.73 Å². The summed E-state index contributed by atoms with van der Waals surface area (Å²) in [5.41, 5.74) is 6.33. The third-order valence-electron chi connectivity index (χ3n) is 2.42. The molecule has 2 rings (SSSR count). The van der Waals surface area contributed by atoms with E-state index in [1.165, 1.54) is 23.5 Å². The lowest BCUT2D eigenvalue weighted by molar-refractivity contribution is -0.138. The Labute approximate surface area is 110 Å². The van der Waals surface area contributed by atoms with Crippen LogP contribution in [0, 0.1) is 0 Å². The largest absolute Gasteiger partial charge is 0.406 e. The summed E-state index contributed by atoms with van der Waals surface area (Å²) in [7, 11) is 1.11. The molecule has 0 spiro atoms. The van der Waals surface area contributed by atoms with Gasteiger partial charge in [0.05, 0.1) is 10.2 Å². The van der Waals surface area contributed by atoms with Gasteiger partial charge in [0.25, 0.3) is 5.91 Å². The van der Waals surface area contributed by atoms with Crippen molar-refractivity contribution in [1.82, 2.24) is 9.88 Å². The van der Waals surface area contributed by atoms with Crippen LogP contribution >= 0.6 is 11.3 Å². The lowest BCUT2D eigenvalue weighted by Gasteiger charge is -2.18. The average molecular weight is 289 g/mol. The van der Waals surface area contributed by atoms with Gasteiger partial charge in [-0.1, -0.05) is 11.3 Å². The number of nitrogens with zero attached hydrogens (tertiary/aromatic N) is 2. The highest BCUT2D eigenvalue weighted by Crippen LogP contribution is 2.25. The van der Waals surface area contributed by atoms with E-state index in [0.29, 0.717) is 20.2 Å². The van der Waals surface area contributed by atoms with Gasteiger partial charge in [0.1, 0.15) is 6.54 Å². The van der Waals surface area contributed by atoms with Crippen molar-refractivity contribution in [1.29, 1.82) is 0 Å². The zero-order valence-corrected chi connectivity index (χ0v) is 10.7. The number of alkyl halides is 3. The molecular formula is C11H10F3N3OS. The SMILES string of the molecule is CN(CC(F)(F)F)C(=O)c1ccc2nc(N)sc2c1. The van der Waals surface area contributed by atoms with E-state index < -0.39 is 18.6 Å². The number of fused-ring (bicyclic) bond motifs is 1. The first-order chi connectivity index (χ1) is 8.76. The minimum absolute atomic E-state index is 0.183. The molecule has 1 heterocycles. The fraction of sp³-hybridized carbons (Fsp3) is 0.273. The van der Waals surface area contributed by atoms with E-state index in [2.05, 4.69) is 4.98 Å². The zero-order chi connectivity index (χ0) is 14.2. The van der Waals surface area contributed by atoms with Crippen molar-refractivity contribution in [3.8, 4) is 0 Å². The van der Waals surface area contributed by atoms with E-state index in [-0.39, 0.29) is 5.56 Å². The van der Waals surface area contributed by atoms with Crippen molar-refractivity contribution >= 4 is 32.6 Å². The van der Waals surface area contributed by atoms with Gasteiger partial charge in [0.15, 0.2) is 5.13 Å². The van der Waals surface area contributed by atoms with Crippen molar-refractivity contribution in [2.75, 3.05) is 19.3 Å². The number of thiazole rings is 1. The summed E-state index contributed by atoms with van der Waals surface area (Å²) in [5.74, 6) is -0.689. The predicted molar refractivity (Wildman–Crippen MR) is 67.0 cm³/mol. The maximum Gasteiger partial charge on any atom is 0.406 e. The van der Waals surface area contributed by atoms with E-state index in [1.54, 1.807) is 6.07 Å². The Bertz CT molecular complexity index is 623. The monoisotopic (exact) mass is 289 g/mol. The molecule has 0 aliphatic rings. The van der Waals surface area contributed by atoms with Crippen molar-refractivity contribution in [3.05, 3.63) is 23.8 Å². The number of anilines is 1. The van der Waals surface area contributed by atoms with E-state index in [1.807, 2.05) is 0 Å². The van der Waals surface area contributed by atoms with Gasteiger partial charge >= 0.3 is 6.18 Å². The quantitative estimate of drug-likeness (QED) is 0.924. The van der Waals surface area contributed by atoms with Gasteiger partial charge in [-0.2, -0.15) is 13.2 Å². The molecule has 0 saturated heterocycles. The molecule has 2 aromatic rings. The van der Waals surface area contributed by atoms with Crippen LogP contribution in [0.15, 0.2) is 18.2 Å². The van der Waals surface area contributed by atoms with Crippen LogP contribution in [0.2, 0.25) is 0 Å². The molecule has 0 aliphatic heterocycles. The van der Waals surface area contributed by atoms with Crippen LogP contribution < -0.4 is 5.73 Å². The highest BCUT2D eigenvalue weighted by molar-refractivity contribution is 7.22. The van der Waals surface area contributed by atoms with Crippen LogP contribution in [-0.4, -0.2) is 35.6 Å². The molecule has 8 heteroatoms. The summed E-state index contributed by atoms with van der Waals surface area (Å²) in [4.78, 5) is 16.5. The molecule has 0 atom stereocenters. The second-order valence-corrected chi connectivity index (χ2v) is 5.07. The van der Waals surface area contributed by atoms with Gasteiger partial charge in [0, 0.05) is 12.6 Å². The number of hydrogen-bond acceptors (Lipinski definition) is 4. The number of carbonyl (C=O) groups excluding carboxylic acids is 1. The highest BCUT2D eigenvalue weighted by Gasteiger charge is 2.31. The molecule has 2 N–H and O–H groups in total. The summed E-state index contributed by atoms with van der Waals surface area (Å²) in [5, 5.41) is 0.350. The van der Waals surface area contributed by atoms with Gasteiger partial charge in [-0.25, -0.2) is 4.98 Å². The number of nitrogen functional groups attached to an aromatic ring is 1. The first-order valence-electron chi connectivity index (χ1n) is 5.24. The lowest BCUT2D eigenvalue weighted by Crippen LogP contribution is -2.35. The van der Waals surface area contributed by atoms with Crippen LogP contribution in [0.3, 0.4) is 0 Å². The molecule has 0 aliphatic carbocycles. The van der Waals surface area contributed by atoms with E-state index in [0.717, 1.165) is 7.05 Å². The Morgan fingerprint density at radius 3 is 2.79 bits per heavy atom. The maximum atomic E-state index is 12.2. The second kappa shape index (κ2) is 4.69. The van der Waals surface area contributed by atoms with Crippen LogP contribution in [0.25, 0.3) is 10.2 Å². The lowest BCUT2D eigenvalue weighted by atomic mass is 10.2. The molecule has 0 radical (unpaired) electrons. The van der Waals surface area contributed by atoms with Crippen LogP contribution in [0.4, 0.5) is 18.3 Å². The Morgan fingerprint density at radius 2 is 2.16 bits per heavy atom. The Morgan fingerprint density at radius 1 is 1.47 bits per heavy atom. The summed E-state index contributed by atoms with van der Waals surface area (Å²) in [6.45, 7) is -1.28. The number of benzene rings is 1. The molecular weight excluding hydrogens is 279 g/mol. The number of rotatable bonds is 2. The minimum atomic E-state index is -4.41. The molecule has 1 aromatic carbocycles. The number of carbonyl (C=O) groups is 1. The molecule has 1 amide bonds. The number of amides is 1. The van der Waals surface area contributed by atoms with Gasteiger partial charge in [-0.3, -0.25) is 4.79 Å². The van der Waals surface area contributed by atoms with Gasteiger partial charge < -0.3 is 10.6 Å². The highest BCUT2D eigenvalue weighted by atomic mass is 32.1. The summed E-state index contributed by atoms with van der Waals surface area (Å²) in [6.07, 6.45) is -4.41. The van der Waals surface area contributed by atoms with Gasteiger partial charge in [0.2, 0.25) is 0 Å². The average Bonchev–Trinajstić information content (AvgIpc) is 2.64.